The molecular weight excluding hydrogens is 333 g/mol. The lowest BCUT2D eigenvalue weighted by molar-refractivity contribution is 0.0696. The summed E-state index contributed by atoms with van der Waals surface area (Å²) in [6, 6.07) is 9.64. The fourth-order valence-electron chi connectivity index (χ4n) is 2.92. The number of aromatic carboxylic acids is 1. The van der Waals surface area contributed by atoms with Gasteiger partial charge in [-0.05, 0) is 49.6 Å². The summed E-state index contributed by atoms with van der Waals surface area (Å²) in [5.74, 6) is -0.238. The third kappa shape index (κ3) is 4.53. The second-order valence-electron chi connectivity index (χ2n) is 6.25. The number of nitrogens with zero attached hydrogens (tertiary/aromatic N) is 3. The highest BCUT2D eigenvalue weighted by molar-refractivity contribution is 5.87. The van der Waals surface area contributed by atoms with Crippen LogP contribution in [-0.4, -0.2) is 25.6 Å². The Bertz CT molecular complexity index is 904. The molecule has 134 valence electrons. The number of hydrogen-bond acceptors (Lipinski definition) is 3. The number of carboxylic acid groups (broad SMARTS) is 1. The van der Waals surface area contributed by atoms with E-state index in [4.69, 9.17) is 5.11 Å². The number of carbonyl (C=O) groups is 1. The van der Waals surface area contributed by atoms with Crippen molar-refractivity contribution in [2.45, 2.75) is 32.7 Å². The van der Waals surface area contributed by atoms with Crippen LogP contribution in [0.15, 0.2) is 48.8 Å². The largest absolute Gasteiger partial charge is 0.478 e. The van der Waals surface area contributed by atoms with E-state index in [0.717, 1.165) is 29.9 Å². The second kappa shape index (κ2) is 7.91. The number of imidazole rings is 1. The summed E-state index contributed by atoms with van der Waals surface area (Å²) in [7, 11) is 0. The first kappa shape index (κ1) is 17.8. The molecule has 0 aliphatic heterocycles. The van der Waals surface area contributed by atoms with Gasteiger partial charge in [0.15, 0.2) is 0 Å². The number of benzene rings is 1. The Morgan fingerprint density at radius 2 is 1.96 bits per heavy atom. The van der Waals surface area contributed by atoms with Gasteiger partial charge < -0.3 is 9.67 Å². The summed E-state index contributed by atoms with van der Waals surface area (Å²) in [6.45, 7) is 2.44. The van der Waals surface area contributed by atoms with Gasteiger partial charge in [0.25, 0.3) is 0 Å². The standard InChI is InChI=1S/C20H20FN3O2/c1-14-11-16(20(25)26)12-18(23-14)3-2-4-19-22-9-10-24(19)13-15-5-7-17(21)8-6-15/h5-12H,2-4,13H2,1H3,(H,25,26). The van der Waals surface area contributed by atoms with Gasteiger partial charge in [0.05, 0.1) is 5.56 Å². The highest BCUT2D eigenvalue weighted by Crippen LogP contribution is 2.12. The average molecular weight is 353 g/mol. The minimum atomic E-state index is -0.938. The van der Waals surface area contributed by atoms with Crippen LogP contribution in [0.5, 0.6) is 0 Å². The van der Waals surface area contributed by atoms with Gasteiger partial charge in [0.1, 0.15) is 11.6 Å². The maximum Gasteiger partial charge on any atom is 0.335 e. The maximum absolute atomic E-state index is 13.0. The molecule has 1 N–H and O–H groups in total. The predicted octanol–water partition coefficient (Wildman–Crippen LogP) is 3.65. The van der Waals surface area contributed by atoms with Crippen molar-refractivity contribution in [2.75, 3.05) is 0 Å². The molecule has 0 saturated heterocycles. The second-order valence-corrected chi connectivity index (χ2v) is 6.25. The Balaban J connectivity index is 1.62. The van der Waals surface area contributed by atoms with Gasteiger partial charge in [0.2, 0.25) is 0 Å². The molecule has 0 saturated carbocycles. The fourth-order valence-corrected chi connectivity index (χ4v) is 2.92. The molecule has 6 heteroatoms. The molecule has 2 heterocycles. The summed E-state index contributed by atoms with van der Waals surface area (Å²) in [5, 5.41) is 9.14. The van der Waals surface area contributed by atoms with Crippen molar-refractivity contribution in [3.8, 4) is 0 Å². The lowest BCUT2D eigenvalue weighted by Crippen LogP contribution is -2.06. The molecule has 0 unspecified atom stereocenters. The van der Waals surface area contributed by atoms with E-state index < -0.39 is 5.97 Å². The van der Waals surface area contributed by atoms with Gasteiger partial charge in [0, 0.05) is 36.7 Å². The quantitative estimate of drug-likeness (QED) is 0.704. The Hall–Kier alpha value is -3.02. The van der Waals surface area contributed by atoms with Crippen molar-refractivity contribution in [2.24, 2.45) is 0 Å². The van der Waals surface area contributed by atoms with E-state index in [-0.39, 0.29) is 11.4 Å². The first-order chi connectivity index (χ1) is 12.5. The summed E-state index contributed by atoms with van der Waals surface area (Å²) in [4.78, 5) is 19.9. The molecular formula is C20H20FN3O2. The zero-order valence-corrected chi connectivity index (χ0v) is 14.5. The number of aromatic nitrogens is 3. The van der Waals surface area contributed by atoms with Crippen molar-refractivity contribution in [1.29, 1.82) is 0 Å². The van der Waals surface area contributed by atoms with Gasteiger partial charge in [-0.2, -0.15) is 0 Å². The third-order valence-corrected chi connectivity index (χ3v) is 4.15. The summed E-state index contributed by atoms with van der Waals surface area (Å²) < 4.78 is 15.1. The SMILES string of the molecule is Cc1cc(C(=O)O)cc(CCCc2nccn2Cc2ccc(F)cc2)n1. The van der Waals surface area contributed by atoms with E-state index in [1.165, 1.54) is 12.1 Å². The normalized spacial score (nSPS) is 10.8. The molecule has 0 amide bonds. The van der Waals surface area contributed by atoms with Crippen molar-refractivity contribution in [3.63, 3.8) is 0 Å². The monoisotopic (exact) mass is 353 g/mol. The Kier molecular flexibility index (Phi) is 5.41. The molecule has 26 heavy (non-hydrogen) atoms. The minimum Gasteiger partial charge on any atom is -0.478 e. The van der Waals surface area contributed by atoms with Crippen molar-refractivity contribution < 1.29 is 14.3 Å². The van der Waals surface area contributed by atoms with Crippen molar-refractivity contribution >= 4 is 5.97 Å². The van der Waals surface area contributed by atoms with E-state index in [2.05, 4.69) is 9.97 Å². The van der Waals surface area contributed by atoms with Crippen LogP contribution in [-0.2, 0) is 19.4 Å². The van der Waals surface area contributed by atoms with Crippen LogP contribution in [0, 0.1) is 12.7 Å². The lowest BCUT2D eigenvalue weighted by Gasteiger charge is -2.09. The van der Waals surface area contributed by atoms with Crippen LogP contribution in [0.3, 0.4) is 0 Å². The molecule has 0 fully saturated rings. The molecule has 0 aliphatic carbocycles. The average Bonchev–Trinajstić information content (AvgIpc) is 3.03. The number of carboxylic acids is 1. The molecule has 3 rings (SSSR count). The molecule has 0 bridgehead atoms. The van der Waals surface area contributed by atoms with Crippen LogP contribution in [0.2, 0.25) is 0 Å². The first-order valence-electron chi connectivity index (χ1n) is 8.46. The zero-order chi connectivity index (χ0) is 18.5. The highest BCUT2D eigenvalue weighted by Gasteiger charge is 2.08. The highest BCUT2D eigenvalue weighted by atomic mass is 19.1. The topological polar surface area (TPSA) is 68.0 Å². The Labute approximate surface area is 151 Å². The van der Waals surface area contributed by atoms with Crippen LogP contribution < -0.4 is 0 Å². The number of hydrogen-bond donors (Lipinski definition) is 1. The van der Waals surface area contributed by atoms with Crippen LogP contribution in [0.25, 0.3) is 0 Å². The number of aryl methyl sites for hydroxylation is 3. The van der Waals surface area contributed by atoms with Crippen molar-refractivity contribution in [3.05, 3.63) is 82.9 Å². The van der Waals surface area contributed by atoms with Gasteiger partial charge in [-0.25, -0.2) is 14.2 Å². The molecule has 3 aromatic rings. The van der Waals surface area contributed by atoms with Crippen LogP contribution in [0.4, 0.5) is 4.39 Å². The summed E-state index contributed by atoms with van der Waals surface area (Å²) in [5.41, 5.74) is 2.76. The summed E-state index contributed by atoms with van der Waals surface area (Å²) >= 11 is 0. The van der Waals surface area contributed by atoms with Gasteiger partial charge in [-0.15, -0.1) is 0 Å². The van der Waals surface area contributed by atoms with E-state index in [1.54, 1.807) is 37.4 Å². The predicted molar refractivity (Wildman–Crippen MR) is 95.7 cm³/mol. The summed E-state index contributed by atoms with van der Waals surface area (Å²) in [6.07, 6.45) is 5.92. The van der Waals surface area contributed by atoms with Gasteiger partial charge in [-0.1, -0.05) is 12.1 Å². The van der Waals surface area contributed by atoms with Crippen LogP contribution >= 0.6 is 0 Å². The van der Waals surface area contributed by atoms with Crippen molar-refractivity contribution in [1.82, 2.24) is 14.5 Å². The lowest BCUT2D eigenvalue weighted by atomic mass is 10.1. The van der Waals surface area contributed by atoms with Gasteiger partial charge in [-0.3, -0.25) is 4.98 Å². The molecule has 0 radical (unpaired) electrons. The molecule has 0 spiro atoms. The maximum atomic E-state index is 13.0. The van der Waals surface area contributed by atoms with E-state index in [9.17, 15) is 9.18 Å². The third-order valence-electron chi connectivity index (χ3n) is 4.15. The Morgan fingerprint density at radius 3 is 2.69 bits per heavy atom. The molecule has 0 aliphatic rings. The first-order valence-corrected chi connectivity index (χ1v) is 8.46. The molecule has 2 aromatic heterocycles. The minimum absolute atomic E-state index is 0.244. The van der Waals surface area contributed by atoms with Crippen LogP contribution in [0.1, 0.15) is 39.6 Å². The smallest absolute Gasteiger partial charge is 0.335 e. The van der Waals surface area contributed by atoms with E-state index in [0.29, 0.717) is 18.7 Å². The fraction of sp³-hybridized carbons (Fsp3) is 0.250. The number of pyridine rings is 1. The van der Waals surface area contributed by atoms with E-state index in [1.807, 2.05) is 10.8 Å². The number of halogens is 1. The van der Waals surface area contributed by atoms with E-state index >= 15 is 0 Å². The molecule has 5 nitrogen and oxygen atoms in total. The molecule has 1 aromatic carbocycles. The molecule has 0 atom stereocenters. The van der Waals surface area contributed by atoms with Gasteiger partial charge >= 0.3 is 5.97 Å². The Morgan fingerprint density at radius 1 is 1.19 bits per heavy atom. The number of rotatable bonds is 7. The zero-order valence-electron chi connectivity index (χ0n) is 14.5.